The predicted molar refractivity (Wildman–Crippen MR) is 86.6 cm³/mol. The smallest absolute Gasteiger partial charge is 0.257 e. The number of likely N-dealkylation sites (tertiary alicyclic amines) is 1. The van der Waals surface area contributed by atoms with E-state index in [0.29, 0.717) is 16.8 Å². The van der Waals surface area contributed by atoms with E-state index in [-0.39, 0.29) is 5.91 Å². The number of rotatable bonds is 5. The molecule has 0 saturated carbocycles. The van der Waals surface area contributed by atoms with Gasteiger partial charge in [-0.05, 0) is 36.8 Å². The lowest BCUT2D eigenvalue weighted by atomic mass is 9.78. The maximum Gasteiger partial charge on any atom is 0.257 e. The Morgan fingerprint density at radius 1 is 1.38 bits per heavy atom. The molecule has 1 fully saturated rings. The predicted octanol–water partition coefficient (Wildman–Crippen LogP) is 3.56. The lowest BCUT2D eigenvalue weighted by molar-refractivity contribution is 0.0601. The zero-order valence-electron chi connectivity index (χ0n) is 13.5. The third-order valence-electron chi connectivity index (χ3n) is 4.69. The molecular formula is C17H27N3O. The maximum atomic E-state index is 12.7. The fraction of sp³-hybridized carbons (Fsp3) is 0.647. The van der Waals surface area contributed by atoms with Crippen molar-refractivity contribution in [2.24, 2.45) is 5.41 Å². The van der Waals surface area contributed by atoms with Gasteiger partial charge in [-0.2, -0.15) is 0 Å². The van der Waals surface area contributed by atoms with E-state index in [9.17, 15) is 4.79 Å². The molecule has 1 N–H and O–H groups in total. The molecule has 0 bridgehead atoms. The summed E-state index contributed by atoms with van der Waals surface area (Å²) in [4.78, 5) is 19.0. The molecule has 0 atom stereocenters. The molecule has 1 amide bonds. The van der Waals surface area contributed by atoms with Crippen molar-refractivity contribution in [1.29, 1.82) is 0 Å². The average Bonchev–Trinajstić information content (AvgIpc) is 2.53. The lowest BCUT2D eigenvalue weighted by Crippen LogP contribution is -2.42. The van der Waals surface area contributed by atoms with Crippen molar-refractivity contribution >= 4 is 11.7 Å². The number of pyridine rings is 1. The Morgan fingerprint density at radius 2 is 2.10 bits per heavy atom. The van der Waals surface area contributed by atoms with Gasteiger partial charge in [0.2, 0.25) is 0 Å². The molecule has 1 aliphatic heterocycles. The molecule has 116 valence electrons. The van der Waals surface area contributed by atoms with Crippen LogP contribution in [0.5, 0.6) is 0 Å². The van der Waals surface area contributed by atoms with Crippen LogP contribution in [0.1, 0.15) is 56.8 Å². The summed E-state index contributed by atoms with van der Waals surface area (Å²) in [6.45, 7) is 9.22. The Balaban J connectivity index is 2.07. The van der Waals surface area contributed by atoms with Crippen LogP contribution in [0.2, 0.25) is 0 Å². The van der Waals surface area contributed by atoms with E-state index in [0.717, 1.165) is 38.9 Å². The van der Waals surface area contributed by atoms with Crippen molar-refractivity contribution in [2.75, 3.05) is 25.0 Å². The Kier molecular flexibility index (Phi) is 5.21. The first-order valence-corrected chi connectivity index (χ1v) is 8.08. The van der Waals surface area contributed by atoms with E-state index >= 15 is 0 Å². The van der Waals surface area contributed by atoms with Crippen molar-refractivity contribution in [1.82, 2.24) is 9.88 Å². The van der Waals surface area contributed by atoms with E-state index in [1.807, 2.05) is 17.0 Å². The third-order valence-corrected chi connectivity index (χ3v) is 4.69. The van der Waals surface area contributed by atoms with Gasteiger partial charge in [0.05, 0.1) is 5.56 Å². The van der Waals surface area contributed by atoms with Crippen LogP contribution in [0.4, 0.5) is 5.82 Å². The largest absolute Gasteiger partial charge is 0.369 e. The standard InChI is InChI=1S/C17H27N3O/c1-4-10-18-15-14(7-6-11-19-15)16(21)20-12-8-17(3,5-2)9-13-20/h6-7,11H,4-5,8-10,12-13H2,1-3H3,(H,18,19). The molecule has 21 heavy (non-hydrogen) atoms. The molecule has 2 rings (SSSR count). The Bertz CT molecular complexity index is 479. The number of carbonyl (C=O) groups excluding carboxylic acids is 1. The number of aromatic nitrogens is 1. The number of hydrogen-bond donors (Lipinski definition) is 1. The van der Waals surface area contributed by atoms with Gasteiger partial charge in [0.25, 0.3) is 5.91 Å². The van der Waals surface area contributed by atoms with Crippen LogP contribution >= 0.6 is 0 Å². The summed E-state index contributed by atoms with van der Waals surface area (Å²) in [6.07, 6.45) is 6.12. The molecule has 0 spiro atoms. The summed E-state index contributed by atoms with van der Waals surface area (Å²) in [6, 6.07) is 3.71. The highest BCUT2D eigenvalue weighted by Crippen LogP contribution is 2.34. The molecule has 4 heteroatoms. The van der Waals surface area contributed by atoms with E-state index in [2.05, 4.69) is 31.1 Å². The zero-order valence-corrected chi connectivity index (χ0v) is 13.5. The fourth-order valence-corrected chi connectivity index (χ4v) is 2.74. The van der Waals surface area contributed by atoms with E-state index in [1.54, 1.807) is 6.20 Å². The van der Waals surface area contributed by atoms with Gasteiger partial charge >= 0.3 is 0 Å². The van der Waals surface area contributed by atoms with Gasteiger partial charge in [-0.1, -0.05) is 27.2 Å². The maximum absolute atomic E-state index is 12.7. The average molecular weight is 289 g/mol. The second kappa shape index (κ2) is 6.92. The van der Waals surface area contributed by atoms with Gasteiger partial charge < -0.3 is 10.2 Å². The Hall–Kier alpha value is -1.58. The molecule has 2 heterocycles. The number of piperidine rings is 1. The van der Waals surface area contributed by atoms with Crippen molar-refractivity contribution in [2.45, 2.75) is 46.5 Å². The number of nitrogens with zero attached hydrogens (tertiary/aromatic N) is 2. The summed E-state index contributed by atoms with van der Waals surface area (Å²) in [5.41, 5.74) is 1.10. The van der Waals surface area contributed by atoms with Crippen LogP contribution in [0.3, 0.4) is 0 Å². The van der Waals surface area contributed by atoms with Crippen LogP contribution in [-0.4, -0.2) is 35.4 Å². The highest BCUT2D eigenvalue weighted by atomic mass is 16.2. The van der Waals surface area contributed by atoms with Crippen LogP contribution in [0.15, 0.2) is 18.3 Å². The molecule has 0 aliphatic carbocycles. The molecule has 0 unspecified atom stereocenters. The number of amides is 1. The summed E-state index contributed by atoms with van der Waals surface area (Å²) < 4.78 is 0. The van der Waals surface area contributed by atoms with Gasteiger partial charge in [-0.3, -0.25) is 4.79 Å². The minimum atomic E-state index is 0.111. The van der Waals surface area contributed by atoms with Crippen LogP contribution in [0.25, 0.3) is 0 Å². The second-order valence-electron chi connectivity index (χ2n) is 6.28. The van der Waals surface area contributed by atoms with Crippen molar-refractivity contribution in [3.63, 3.8) is 0 Å². The van der Waals surface area contributed by atoms with E-state index in [4.69, 9.17) is 0 Å². The quantitative estimate of drug-likeness (QED) is 0.901. The lowest BCUT2D eigenvalue weighted by Gasteiger charge is -2.39. The summed E-state index contributed by atoms with van der Waals surface area (Å²) in [5, 5.41) is 3.25. The topological polar surface area (TPSA) is 45.2 Å². The van der Waals surface area contributed by atoms with Gasteiger partial charge in [0.1, 0.15) is 5.82 Å². The first-order chi connectivity index (χ1) is 10.1. The summed E-state index contributed by atoms with van der Waals surface area (Å²) >= 11 is 0. The fourth-order valence-electron chi connectivity index (χ4n) is 2.74. The number of hydrogen-bond acceptors (Lipinski definition) is 3. The SMILES string of the molecule is CCCNc1ncccc1C(=O)N1CCC(C)(CC)CC1. The molecule has 4 nitrogen and oxygen atoms in total. The first-order valence-electron chi connectivity index (χ1n) is 8.08. The number of nitrogens with one attached hydrogen (secondary N) is 1. The zero-order chi connectivity index (χ0) is 15.3. The number of anilines is 1. The summed E-state index contributed by atoms with van der Waals surface area (Å²) in [5.74, 6) is 0.827. The highest BCUT2D eigenvalue weighted by Gasteiger charge is 2.31. The minimum Gasteiger partial charge on any atom is -0.369 e. The van der Waals surface area contributed by atoms with Crippen LogP contribution in [0, 0.1) is 5.41 Å². The number of carbonyl (C=O) groups is 1. The molecule has 0 radical (unpaired) electrons. The van der Waals surface area contributed by atoms with Crippen LogP contribution < -0.4 is 5.32 Å². The van der Waals surface area contributed by atoms with Crippen LogP contribution in [-0.2, 0) is 0 Å². The molecule has 1 aromatic rings. The monoisotopic (exact) mass is 289 g/mol. The molecular weight excluding hydrogens is 262 g/mol. The van der Waals surface area contributed by atoms with Crippen molar-refractivity contribution in [3.05, 3.63) is 23.9 Å². The van der Waals surface area contributed by atoms with Crippen molar-refractivity contribution in [3.8, 4) is 0 Å². The second-order valence-corrected chi connectivity index (χ2v) is 6.28. The molecule has 0 aromatic carbocycles. The third kappa shape index (κ3) is 3.74. The van der Waals surface area contributed by atoms with Gasteiger partial charge in [-0.15, -0.1) is 0 Å². The van der Waals surface area contributed by atoms with E-state index < -0.39 is 0 Å². The minimum absolute atomic E-state index is 0.111. The molecule has 1 aromatic heterocycles. The van der Waals surface area contributed by atoms with Gasteiger partial charge in [0, 0.05) is 25.8 Å². The van der Waals surface area contributed by atoms with Gasteiger partial charge in [0.15, 0.2) is 0 Å². The summed E-state index contributed by atoms with van der Waals surface area (Å²) in [7, 11) is 0. The molecule has 1 aliphatic rings. The van der Waals surface area contributed by atoms with Crippen molar-refractivity contribution < 1.29 is 4.79 Å². The Morgan fingerprint density at radius 3 is 2.71 bits per heavy atom. The normalized spacial score (nSPS) is 17.6. The van der Waals surface area contributed by atoms with Gasteiger partial charge in [-0.25, -0.2) is 4.98 Å². The first kappa shape index (κ1) is 15.8. The Labute approximate surface area is 127 Å². The highest BCUT2D eigenvalue weighted by molar-refractivity contribution is 5.98. The van der Waals surface area contributed by atoms with E-state index in [1.165, 1.54) is 6.42 Å². The molecule has 1 saturated heterocycles.